The number of nitrogens with zero attached hydrogens (tertiary/aromatic N) is 2. The molecule has 1 aromatic carbocycles. The van der Waals surface area contributed by atoms with Crippen molar-refractivity contribution in [2.45, 2.75) is 13.0 Å². The van der Waals surface area contributed by atoms with E-state index in [9.17, 15) is 4.39 Å². The van der Waals surface area contributed by atoms with Crippen LogP contribution in [0.5, 0.6) is 0 Å². The zero-order chi connectivity index (χ0) is 16.4. The molecule has 4 nitrogen and oxygen atoms in total. The van der Waals surface area contributed by atoms with Gasteiger partial charge in [0.1, 0.15) is 5.82 Å². The molecule has 0 aromatic heterocycles. The monoisotopic (exact) mass is 326 g/mol. The molecule has 2 N–H and O–H groups in total. The summed E-state index contributed by atoms with van der Waals surface area (Å²) in [6.45, 7) is 4.38. The molecule has 22 heavy (non-hydrogen) atoms. The molecule has 0 bridgehead atoms. The van der Waals surface area contributed by atoms with Crippen LogP contribution in [0.2, 0.25) is 0 Å². The highest BCUT2D eigenvalue weighted by atomic mass is 32.2. The fraction of sp³-hybridized carbons (Fsp3) is 0.562. The molecule has 0 fully saturated rings. The number of guanidine groups is 1. The van der Waals surface area contributed by atoms with Gasteiger partial charge in [-0.15, -0.1) is 0 Å². The predicted octanol–water partition coefficient (Wildman–Crippen LogP) is 2.35. The van der Waals surface area contributed by atoms with Crippen molar-refractivity contribution < 1.29 is 4.39 Å². The Balaban J connectivity index is 2.74. The second-order valence-electron chi connectivity index (χ2n) is 5.17. The van der Waals surface area contributed by atoms with Gasteiger partial charge in [0.2, 0.25) is 0 Å². The number of rotatable bonds is 8. The van der Waals surface area contributed by atoms with Crippen molar-refractivity contribution >= 4 is 17.7 Å². The molecule has 0 aliphatic carbocycles. The molecule has 1 rings (SSSR count). The molecule has 0 amide bonds. The van der Waals surface area contributed by atoms with Crippen LogP contribution in [0.15, 0.2) is 29.3 Å². The Bertz CT molecular complexity index is 448. The highest BCUT2D eigenvalue weighted by molar-refractivity contribution is 7.98. The Labute approximate surface area is 137 Å². The lowest BCUT2D eigenvalue weighted by Gasteiger charge is -2.23. The fourth-order valence-electron chi connectivity index (χ4n) is 2.04. The first-order valence-electron chi connectivity index (χ1n) is 7.51. The van der Waals surface area contributed by atoms with Crippen LogP contribution in [0.25, 0.3) is 0 Å². The Morgan fingerprint density at radius 2 is 1.95 bits per heavy atom. The zero-order valence-corrected chi connectivity index (χ0v) is 14.7. The number of nitrogens with one attached hydrogen (secondary N) is 2. The van der Waals surface area contributed by atoms with E-state index in [1.807, 2.05) is 26.2 Å². The summed E-state index contributed by atoms with van der Waals surface area (Å²) in [5.74, 6) is 1.65. The standard InChI is InChI=1S/C16H27FN4S/c1-5-18-16(19-10-11-22-4)20-12-15(21(2)3)13-6-8-14(17)9-7-13/h6-9,15H,5,10-12H2,1-4H3,(H2,18,19,20). The van der Waals surface area contributed by atoms with E-state index >= 15 is 0 Å². The largest absolute Gasteiger partial charge is 0.357 e. The van der Waals surface area contributed by atoms with Gasteiger partial charge in [0.15, 0.2) is 5.96 Å². The maximum absolute atomic E-state index is 13.1. The van der Waals surface area contributed by atoms with Crippen LogP contribution >= 0.6 is 11.8 Å². The lowest BCUT2D eigenvalue weighted by atomic mass is 10.1. The summed E-state index contributed by atoms with van der Waals surface area (Å²) in [5, 5.41) is 6.56. The third-order valence-electron chi connectivity index (χ3n) is 3.24. The molecule has 0 aliphatic rings. The summed E-state index contributed by atoms with van der Waals surface area (Å²) in [6, 6.07) is 6.76. The highest BCUT2D eigenvalue weighted by Crippen LogP contribution is 2.18. The lowest BCUT2D eigenvalue weighted by Crippen LogP contribution is -2.39. The van der Waals surface area contributed by atoms with Crippen LogP contribution < -0.4 is 10.6 Å². The highest BCUT2D eigenvalue weighted by Gasteiger charge is 2.14. The molecule has 0 saturated heterocycles. The van der Waals surface area contributed by atoms with Crippen LogP contribution in [-0.4, -0.2) is 56.6 Å². The Hall–Kier alpha value is -1.27. The summed E-state index contributed by atoms with van der Waals surface area (Å²) in [5.41, 5.74) is 1.06. The van der Waals surface area contributed by atoms with Crippen LogP contribution in [-0.2, 0) is 0 Å². The third kappa shape index (κ3) is 6.66. The third-order valence-corrected chi connectivity index (χ3v) is 3.86. The van der Waals surface area contributed by atoms with Gasteiger partial charge in [0.25, 0.3) is 0 Å². The second-order valence-corrected chi connectivity index (χ2v) is 6.16. The van der Waals surface area contributed by atoms with E-state index in [1.165, 1.54) is 12.1 Å². The Morgan fingerprint density at radius 1 is 1.27 bits per heavy atom. The van der Waals surface area contributed by atoms with Gasteiger partial charge in [-0.3, -0.25) is 4.99 Å². The maximum atomic E-state index is 13.1. The minimum Gasteiger partial charge on any atom is -0.357 e. The first-order chi connectivity index (χ1) is 10.6. The molecular formula is C16H27FN4S. The number of likely N-dealkylation sites (N-methyl/N-ethyl adjacent to an activating group) is 1. The Kier molecular flexibility index (Phi) is 8.92. The minimum atomic E-state index is -0.211. The van der Waals surface area contributed by atoms with Crippen molar-refractivity contribution in [1.82, 2.24) is 15.5 Å². The first-order valence-corrected chi connectivity index (χ1v) is 8.90. The molecule has 0 radical (unpaired) electrons. The minimum absolute atomic E-state index is 0.122. The van der Waals surface area contributed by atoms with E-state index in [-0.39, 0.29) is 11.9 Å². The van der Waals surface area contributed by atoms with E-state index in [4.69, 9.17) is 0 Å². The Morgan fingerprint density at radius 3 is 2.50 bits per heavy atom. The molecule has 1 unspecified atom stereocenters. The van der Waals surface area contributed by atoms with Crippen LogP contribution in [0.3, 0.4) is 0 Å². The number of hydrogen-bond acceptors (Lipinski definition) is 3. The van der Waals surface area contributed by atoms with Crippen molar-refractivity contribution in [2.24, 2.45) is 4.99 Å². The summed E-state index contributed by atoms with van der Waals surface area (Å²) in [6.07, 6.45) is 2.09. The van der Waals surface area contributed by atoms with Crippen LogP contribution in [0, 0.1) is 5.82 Å². The maximum Gasteiger partial charge on any atom is 0.191 e. The molecular weight excluding hydrogens is 299 g/mol. The van der Waals surface area contributed by atoms with Crippen molar-refractivity contribution in [3.05, 3.63) is 35.6 Å². The van der Waals surface area contributed by atoms with Gasteiger partial charge < -0.3 is 15.5 Å². The summed E-state index contributed by atoms with van der Waals surface area (Å²) < 4.78 is 13.1. The zero-order valence-electron chi connectivity index (χ0n) is 13.9. The van der Waals surface area contributed by atoms with E-state index in [0.717, 1.165) is 30.4 Å². The summed E-state index contributed by atoms with van der Waals surface area (Å²) in [4.78, 5) is 6.75. The average Bonchev–Trinajstić information content (AvgIpc) is 2.49. The van der Waals surface area contributed by atoms with E-state index in [1.54, 1.807) is 11.8 Å². The van der Waals surface area contributed by atoms with Crippen LogP contribution in [0.1, 0.15) is 18.5 Å². The first kappa shape index (κ1) is 18.8. The number of aliphatic imine (C=N–C) groups is 1. The number of halogens is 1. The van der Waals surface area contributed by atoms with Gasteiger partial charge in [-0.2, -0.15) is 11.8 Å². The fourth-order valence-corrected chi connectivity index (χ4v) is 2.35. The van der Waals surface area contributed by atoms with Gasteiger partial charge in [-0.25, -0.2) is 4.39 Å². The van der Waals surface area contributed by atoms with Gasteiger partial charge in [-0.1, -0.05) is 12.1 Å². The normalized spacial score (nSPS) is 13.3. The van der Waals surface area contributed by atoms with Crippen molar-refractivity contribution in [2.75, 3.05) is 45.7 Å². The van der Waals surface area contributed by atoms with E-state index in [2.05, 4.69) is 33.7 Å². The molecule has 0 aliphatic heterocycles. The lowest BCUT2D eigenvalue weighted by molar-refractivity contribution is 0.306. The van der Waals surface area contributed by atoms with E-state index in [0.29, 0.717) is 6.54 Å². The van der Waals surface area contributed by atoms with Crippen LogP contribution in [0.4, 0.5) is 4.39 Å². The van der Waals surface area contributed by atoms with Crippen molar-refractivity contribution in [3.63, 3.8) is 0 Å². The molecule has 0 spiro atoms. The van der Waals surface area contributed by atoms with Crippen molar-refractivity contribution in [3.8, 4) is 0 Å². The second kappa shape index (κ2) is 10.5. The smallest absolute Gasteiger partial charge is 0.191 e. The predicted molar refractivity (Wildman–Crippen MR) is 95.2 cm³/mol. The molecule has 124 valence electrons. The number of benzene rings is 1. The van der Waals surface area contributed by atoms with Gasteiger partial charge in [-0.05, 0) is 45.0 Å². The topological polar surface area (TPSA) is 39.7 Å². The summed E-state index contributed by atoms with van der Waals surface area (Å²) >= 11 is 1.80. The van der Waals surface area contributed by atoms with Crippen molar-refractivity contribution in [1.29, 1.82) is 0 Å². The van der Waals surface area contributed by atoms with Gasteiger partial charge in [0.05, 0.1) is 12.6 Å². The van der Waals surface area contributed by atoms with Gasteiger partial charge >= 0.3 is 0 Å². The molecule has 0 saturated carbocycles. The molecule has 6 heteroatoms. The number of thioether (sulfide) groups is 1. The molecule has 1 aromatic rings. The van der Waals surface area contributed by atoms with Gasteiger partial charge in [0, 0.05) is 18.8 Å². The SMILES string of the molecule is CCNC(=NCC(c1ccc(F)cc1)N(C)C)NCCSC. The quantitative estimate of drug-likeness (QED) is 0.437. The average molecular weight is 326 g/mol. The van der Waals surface area contributed by atoms with E-state index < -0.39 is 0 Å². The molecule has 0 heterocycles. The molecule has 1 atom stereocenters. The summed E-state index contributed by atoms with van der Waals surface area (Å²) in [7, 11) is 4.02. The number of hydrogen-bond donors (Lipinski definition) is 2.